The van der Waals surface area contributed by atoms with Crippen LogP contribution in [0.15, 0.2) is 12.7 Å². The summed E-state index contributed by atoms with van der Waals surface area (Å²) in [7, 11) is -16.5. The molecule has 8 atom stereocenters. The van der Waals surface area contributed by atoms with Gasteiger partial charge < -0.3 is 56.0 Å². The lowest BCUT2D eigenvalue weighted by atomic mass is 9.87. The highest BCUT2D eigenvalue weighted by Crippen LogP contribution is 2.61. The lowest BCUT2D eigenvalue weighted by molar-refractivity contribution is -0.137. The van der Waals surface area contributed by atoms with E-state index in [-0.39, 0.29) is 53.8 Å². The quantitative estimate of drug-likeness (QED) is 0.0510. The maximum absolute atomic E-state index is 12.7. The number of imidazole rings is 1. The molecule has 1 saturated heterocycles. The molecule has 0 saturated carbocycles. The number of anilines is 1. The minimum Gasteiger partial charge on any atom is -0.393 e. The topological polar surface area (TPSA) is 384 Å². The maximum Gasteiger partial charge on any atom is 0.481 e. The van der Waals surface area contributed by atoms with E-state index in [4.69, 9.17) is 24.0 Å². The molecule has 2 aromatic heterocycles. The van der Waals surface area contributed by atoms with Crippen molar-refractivity contribution in [3.63, 3.8) is 0 Å². The van der Waals surface area contributed by atoms with Gasteiger partial charge in [0, 0.05) is 37.1 Å². The average Bonchev–Trinajstić information content (AvgIpc) is 3.60. The summed E-state index contributed by atoms with van der Waals surface area (Å²) in [6.45, 7) is 3.05. The second kappa shape index (κ2) is 18.9. The van der Waals surface area contributed by atoms with Crippen LogP contribution in [0.5, 0.6) is 0 Å². The number of hydrogen-bond acceptors (Lipinski definition) is 19. The summed E-state index contributed by atoms with van der Waals surface area (Å²) < 4.78 is 62.5. The summed E-state index contributed by atoms with van der Waals surface area (Å²) in [5.74, 6) is -1.26. The highest BCUT2D eigenvalue weighted by Gasteiger charge is 2.57. The van der Waals surface area contributed by atoms with Crippen LogP contribution >= 0.6 is 35.2 Å². The number of ether oxygens (including phenoxy) is 1. The van der Waals surface area contributed by atoms with Gasteiger partial charge in [0.2, 0.25) is 11.8 Å². The molecule has 8 unspecified atom stereocenters. The minimum atomic E-state index is -5.60. The summed E-state index contributed by atoms with van der Waals surface area (Å²) in [5.41, 5.74) is 2.27. The zero-order chi connectivity index (χ0) is 41.6. The monoisotopic (exact) mass is 867 g/mol. The number of nitrogen functional groups attached to an aromatic ring is 1. The molecule has 1 aliphatic rings. The molecule has 1 fully saturated rings. The van der Waals surface area contributed by atoms with Gasteiger partial charge in [0.1, 0.15) is 36.3 Å². The highest BCUT2D eigenvalue weighted by atomic mass is 32.2. The van der Waals surface area contributed by atoms with E-state index in [0.29, 0.717) is 0 Å². The Bertz CT molecular complexity index is 1830. The van der Waals surface area contributed by atoms with Crippen molar-refractivity contribution in [3.8, 4) is 0 Å². The first-order chi connectivity index (χ1) is 25.3. The van der Waals surface area contributed by atoms with Crippen molar-refractivity contribution in [2.45, 2.75) is 76.8 Å². The second-order valence-electron chi connectivity index (χ2n) is 12.9. The van der Waals surface area contributed by atoms with Gasteiger partial charge in [-0.1, -0.05) is 25.6 Å². The van der Waals surface area contributed by atoms with Crippen LogP contribution in [0.1, 0.15) is 40.5 Å². The van der Waals surface area contributed by atoms with E-state index in [1.165, 1.54) is 27.7 Å². The van der Waals surface area contributed by atoms with E-state index in [1.807, 2.05) is 0 Å². The summed E-state index contributed by atoms with van der Waals surface area (Å²) in [4.78, 5) is 87.3. The van der Waals surface area contributed by atoms with Crippen molar-refractivity contribution in [2.75, 3.05) is 37.8 Å². The average molecular weight is 868 g/mol. The van der Waals surface area contributed by atoms with Crippen molar-refractivity contribution in [1.29, 1.82) is 0 Å². The summed E-state index contributed by atoms with van der Waals surface area (Å²) in [6, 6.07) is 0. The Morgan fingerprint density at radius 1 is 1.07 bits per heavy atom. The smallest absolute Gasteiger partial charge is 0.393 e. The molecule has 3 heterocycles. The van der Waals surface area contributed by atoms with Crippen LogP contribution in [-0.4, -0.2) is 134 Å². The number of nitrogens with one attached hydrogen (secondary N) is 2. The third kappa shape index (κ3) is 13.6. The standard InChI is InChI=1S/C26H44N7O18P3S/c1-14(34)9-17(36)55-8-7-28-16(35)5-6-29-24(39)21(38)25(2,3)11-48-54(45,46)51-53(43,44)47-10-15-19(50-52(40,41)42)20(37)26(4,49-15)33-13-32-18-22(27)30-12-31-23(18)33/h12-15,19-21,34,37-38H,5-11H2,1-4H3,(H,28,35)(H,29,39)(H,43,44)(H,45,46)(H2,27,30,31)(H2,40,41,42). The number of nitrogens with zero attached hydrogens (tertiary/aromatic N) is 4. The van der Waals surface area contributed by atoms with Crippen LogP contribution < -0.4 is 16.4 Å². The van der Waals surface area contributed by atoms with E-state index in [9.17, 15) is 63.0 Å². The molecular formula is C26H44N7O18P3S. The first-order valence-corrected chi connectivity index (χ1v) is 21.5. The Hall–Kier alpha value is -2.48. The van der Waals surface area contributed by atoms with Crippen LogP contribution in [0.4, 0.5) is 5.82 Å². The number of phosphoric acid groups is 3. The molecule has 11 N–H and O–H groups in total. The van der Waals surface area contributed by atoms with Gasteiger partial charge in [-0.3, -0.25) is 32.5 Å². The molecule has 29 heteroatoms. The molecule has 2 amide bonds. The molecule has 1 aliphatic heterocycles. The zero-order valence-corrected chi connectivity index (χ0v) is 33.2. The molecule has 2 aromatic rings. The first kappa shape index (κ1) is 46.9. The van der Waals surface area contributed by atoms with Crippen LogP contribution in [0.2, 0.25) is 0 Å². The number of amides is 2. The van der Waals surface area contributed by atoms with E-state index >= 15 is 0 Å². The van der Waals surface area contributed by atoms with Crippen molar-refractivity contribution in [1.82, 2.24) is 30.2 Å². The Kier molecular flexibility index (Phi) is 16.1. The van der Waals surface area contributed by atoms with Gasteiger partial charge in [0.25, 0.3) is 0 Å². The van der Waals surface area contributed by atoms with Gasteiger partial charge in [0.15, 0.2) is 22.3 Å². The predicted octanol–water partition coefficient (Wildman–Crippen LogP) is -1.39. The van der Waals surface area contributed by atoms with E-state index < -0.39 is 90.2 Å². The number of fused-ring (bicyclic) bond motifs is 1. The molecule has 312 valence electrons. The number of aliphatic hydroxyl groups is 3. The Labute approximate surface area is 317 Å². The van der Waals surface area contributed by atoms with Crippen molar-refractivity contribution >= 4 is 69.1 Å². The normalized spacial score (nSPS) is 23.8. The molecule has 55 heavy (non-hydrogen) atoms. The fourth-order valence-electron chi connectivity index (χ4n) is 4.91. The van der Waals surface area contributed by atoms with Gasteiger partial charge in [0.05, 0.1) is 25.6 Å². The third-order valence-electron chi connectivity index (χ3n) is 7.71. The Morgan fingerprint density at radius 2 is 1.73 bits per heavy atom. The van der Waals surface area contributed by atoms with E-state index in [1.54, 1.807) is 0 Å². The Balaban J connectivity index is 1.54. The number of carbonyl (C=O) groups excluding carboxylic acids is 3. The van der Waals surface area contributed by atoms with E-state index in [2.05, 4.69) is 29.9 Å². The molecule has 0 aromatic carbocycles. The van der Waals surface area contributed by atoms with Gasteiger partial charge in [-0.05, 0) is 13.8 Å². The number of carbonyl (C=O) groups is 3. The fourth-order valence-corrected chi connectivity index (χ4v) is 8.52. The number of nitrogens with two attached hydrogens (primary N) is 1. The lowest BCUT2D eigenvalue weighted by Crippen LogP contribution is -2.46. The zero-order valence-electron chi connectivity index (χ0n) is 29.7. The summed E-state index contributed by atoms with van der Waals surface area (Å²) in [6.07, 6.45) is -6.37. The number of aromatic nitrogens is 4. The van der Waals surface area contributed by atoms with Crippen molar-refractivity contribution in [2.24, 2.45) is 5.41 Å². The van der Waals surface area contributed by atoms with Crippen molar-refractivity contribution in [3.05, 3.63) is 12.7 Å². The first-order valence-electron chi connectivity index (χ1n) is 16.0. The molecule has 3 rings (SSSR count). The van der Waals surface area contributed by atoms with Gasteiger partial charge in [-0.25, -0.2) is 28.6 Å². The van der Waals surface area contributed by atoms with Crippen LogP contribution in [0, 0.1) is 5.41 Å². The molecule has 0 bridgehead atoms. The van der Waals surface area contributed by atoms with Gasteiger partial charge in [-0.2, -0.15) is 4.31 Å². The van der Waals surface area contributed by atoms with Gasteiger partial charge in [-0.15, -0.1) is 0 Å². The van der Waals surface area contributed by atoms with Crippen LogP contribution in [0.25, 0.3) is 11.2 Å². The maximum atomic E-state index is 12.7. The number of aliphatic hydroxyl groups excluding tert-OH is 3. The summed E-state index contributed by atoms with van der Waals surface area (Å²) in [5, 5.41) is 35.4. The van der Waals surface area contributed by atoms with E-state index in [0.717, 1.165) is 29.0 Å². The molecular weight excluding hydrogens is 823 g/mol. The summed E-state index contributed by atoms with van der Waals surface area (Å²) >= 11 is 0.938. The molecule has 0 spiro atoms. The number of phosphoric ester groups is 3. The van der Waals surface area contributed by atoms with Gasteiger partial charge >= 0.3 is 23.5 Å². The molecule has 25 nitrogen and oxygen atoms in total. The van der Waals surface area contributed by atoms with Crippen LogP contribution in [-0.2, 0) is 56.4 Å². The third-order valence-corrected chi connectivity index (χ3v) is 11.7. The largest absolute Gasteiger partial charge is 0.481 e. The predicted molar refractivity (Wildman–Crippen MR) is 188 cm³/mol. The molecule has 0 radical (unpaired) electrons. The van der Waals surface area contributed by atoms with Crippen molar-refractivity contribution < 1.29 is 85.6 Å². The lowest BCUT2D eigenvalue weighted by Gasteiger charge is -2.30. The second-order valence-corrected chi connectivity index (χ2v) is 18.3. The molecule has 0 aliphatic carbocycles. The SMILES string of the molecule is CC(O)CC(=O)SCCNC(=O)CCNC(=O)C(O)C(C)(C)COP(=O)(O)OP(=O)(O)OCC1OC(C)(n2cnc3c(N)ncnc32)C(O)C1OP(=O)(O)O. The highest BCUT2D eigenvalue weighted by molar-refractivity contribution is 8.13. The fraction of sp³-hybridized carbons (Fsp3) is 0.692. The Morgan fingerprint density at radius 3 is 2.36 bits per heavy atom. The number of thioether (sulfide) groups is 1. The van der Waals surface area contributed by atoms with Crippen LogP contribution in [0.3, 0.4) is 0 Å². The minimum absolute atomic E-state index is 0.0143. The number of hydrogen-bond donors (Lipinski definition) is 10. The number of rotatable bonds is 21.